The van der Waals surface area contributed by atoms with E-state index in [1.807, 2.05) is 6.20 Å². The van der Waals surface area contributed by atoms with Crippen LogP contribution in [-0.2, 0) is 11.3 Å². The standard InChI is InChI=1S/C14H17N3OS/c1-2-14(17-4-6-18-7-5-17)16-10-13(1)15-9-12-3-8-19-11-12/h1-3,8,10-11,15H,4-7,9H2. The second-order valence-corrected chi connectivity index (χ2v) is 5.27. The molecule has 0 spiro atoms. The fraction of sp³-hybridized carbons (Fsp3) is 0.357. The summed E-state index contributed by atoms with van der Waals surface area (Å²) < 4.78 is 5.34. The predicted molar refractivity (Wildman–Crippen MR) is 78.9 cm³/mol. The average molecular weight is 275 g/mol. The van der Waals surface area contributed by atoms with Crippen LogP contribution in [0.15, 0.2) is 35.2 Å². The zero-order valence-corrected chi connectivity index (χ0v) is 11.5. The van der Waals surface area contributed by atoms with Crippen molar-refractivity contribution in [1.29, 1.82) is 0 Å². The molecule has 0 bridgehead atoms. The summed E-state index contributed by atoms with van der Waals surface area (Å²) in [6.45, 7) is 4.28. The molecule has 100 valence electrons. The Kier molecular flexibility index (Phi) is 3.95. The van der Waals surface area contributed by atoms with Gasteiger partial charge in [0.25, 0.3) is 0 Å². The molecule has 3 rings (SSSR count). The molecule has 2 aromatic heterocycles. The summed E-state index contributed by atoms with van der Waals surface area (Å²) in [6, 6.07) is 6.29. The predicted octanol–water partition coefficient (Wildman–Crippen LogP) is 2.59. The second kappa shape index (κ2) is 6.04. The molecule has 1 aliphatic rings. The van der Waals surface area contributed by atoms with Gasteiger partial charge in [0.1, 0.15) is 5.82 Å². The van der Waals surface area contributed by atoms with Crippen LogP contribution in [0, 0.1) is 0 Å². The molecule has 0 radical (unpaired) electrons. The molecule has 4 nitrogen and oxygen atoms in total. The van der Waals surface area contributed by atoms with Crippen LogP contribution in [0.1, 0.15) is 5.56 Å². The van der Waals surface area contributed by atoms with E-state index >= 15 is 0 Å². The van der Waals surface area contributed by atoms with Crippen molar-refractivity contribution in [2.24, 2.45) is 0 Å². The third-order valence-electron chi connectivity index (χ3n) is 3.16. The maximum atomic E-state index is 5.34. The van der Waals surface area contributed by atoms with Crippen molar-refractivity contribution in [3.8, 4) is 0 Å². The van der Waals surface area contributed by atoms with Crippen molar-refractivity contribution in [3.05, 3.63) is 40.7 Å². The summed E-state index contributed by atoms with van der Waals surface area (Å²) in [5, 5.41) is 7.63. The Morgan fingerprint density at radius 3 is 2.84 bits per heavy atom. The zero-order chi connectivity index (χ0) is 12.9. The molecule has 0 aromatic carbocycles. The Bertz CT molecular complexity index is 492. The van der Waals surface area contributed by atoms with Gasteiger partial charge >= 0.3 is 0 Å². The van der Waals surface area contributed by atoms with E-state index in [9.17, 15) is 0 Å². The highest BCUT2D eigenvalue weighted by Crippen LogP contribution is 2.16. The minimum absolute atomic E-state index is 0.792. The summed E-state index contributed by atoms with van der Waals surface area (Å²) in [5.74, 6) is 1.03. The highest BCUT2D eigenvalue weighted by Gasteiger charge is 2.11. The molecule has 19 heavy (non-hydrogen) atoms. The Balaban J connectivity index is 1.58. The van der Waals surface area contributed by atoms with Crippen LogP contribution in [0.25, 0.3) is 0 Å². The number of hydrogen-bond acceptors (Lipinski definition) is 5. The molecule has 3 heterocycles. The molecule has 0 unspecified atom stereocenters. The lowest BCUT2D eigenvalue weighted by Gasteiger charge is -2.27. The Morgan fingerprint density at radius 1 is 1.26 bits per heavy atom. The number of rotatable bonds is 4. The molecular weight excluding hydrogens is 258 g/mol. The van der Waals surface area contributed by atoms with Gasteiger partial charge in [0.2, 0.25) is 0 Å². The summed E-state index contributed by atoms with van der Waals surface area (Å²) in [6.07, 6.45) is 1.90. The highest BCUT2D eigenvalue weighted by atomic mass is 32.1. The summed E-state index contributed by atoms with van der Waals surface area (Å²) in [7, 11) is 0. The minimum atomic E-state index is 0.792. The first-order valence-corrected chi connectivity index (χ1v) is 7.40. The molecule has 2 aromatic rings. The monoisotopic (exact) mass is 275 g/mol. The number of ether oxygens (including phenoxy) is 1. The van der Waals surface area contributed by atoms with Gasteiger partial charge in [-0.05, 0) is 34.5 Å². The number of hydrogen-bond donors (Lipinski definition) is 1. The lowest BCUT2D eigenvalue weighted by atomic mass is 10.3. The molecule has 0 aliphatic carbocycles. The lowest BCUT2D eigenvalue weighted by molar-refractivity contribution is 0.122. The van der Waals surface area contributed by atoms with Crippen molar-refractivity contribution >= 4 is 22.8 Å². The first kappa shape index (κ1) is 12.4. The van der Waals surface area contributed by atoms with Gasteiger partial charge in [0.05, 0.1) is 25.1 Å². The maximum absolute atomic E-state index is 5.34. The smallest absolute Gasteiger partial charge is 0.128 e. The zero-order valence-electron chi connectivity index (χ0n) is 10.7. The topological polar surface area (TPSA) is 37.4 Å². The summed E-state index contributed by atoms with van der Waals surface area (Å²) >= 11 is 1.72. The van der Waals surface area contributed by atoms with Crippen LogP contribution in [0.5, 0.6) is 0 Å². The molecule has 1 fully saturated rings. The first-order chi connectivity index (χ1) is 9.42. The van der Waals surface area contributed by atoms with Crippen molar-refractivity contribution in [2.75, 3.05) is 36.5 Å². The van der Waals surface area contributed by atoms with Gasteiger partial charge in [-0.25, -0.2) is 4.98 Å². The quantitative estimate of drug-likeness (QED) is 0.930. The minimum Gasteiger partial charge on any atom is -0.380 e. The van der Waals surface area contributed by atoms with Crippen molar-refractivity contribution in [3.63, 3.8) is 0 Å². The first-order valence-electron chi connectivity index (χ1n) is 6.45. The SMILES string of the molecule is c1cc(CNc2ccc(N3CCOCC3)nc2)cs1. The molecule has 5 heteroatoms. The third kappa shape index (κ3) is 3.24. The molecule has 0 saturated carbocycles. The van der Waals surface area contributed by atoms with Crippen LogP contribution in [-0.4, -0.2) is 31.3 Å². The van der Waals surface area contributed by atoms with Gasteiger partial charge in [-0.1, -0.05) is 0 Å². The molecule has 0 amide bonds. The number of aromatic nitrogens is 1. The van der Waals surface area contributed by atoms with Crippen LogP contribution >= 0.6 is 11.3 Å². The number of morpholine rings is 1. The van der Waals surface area contributed by atoms with E-state index in [1.54, 1.807) is 11.3 Å². The molecular formula is C14H17N3OS. The van der Waals surface area contributed by atoms with E-state index in [2.05, 4.69) is 44.2 Å². The van der Waals surface area contributed by atoms with Crippen LogP contribution in [0.2, 0.25) is 0 Å². The van der Waals surface area contributed by atoms with Gasteiger partial charge in [0, 0.05) is 19.6 Å². The Labute approximate surface area is 117 Å². The Morgan fingerprint density at radius 2 is 2.16 bits per heavy atom. The molecule has 1 saturated heterocycles. The van der Waals surface area contributed by atoms with Gasteiger partial charge in [-0.2, -0.15) is 11.3 Å². The van der Waals surface area contributed by atoms with Crippen molar-refractivity contribution in [2.45, 2.75) is 6.54 Å². The van der Waals surface area contributed by atoms with E-state index in [1.165, 1.54) is 5.56 Å². The van der Waals surface area contributed by atoms with E-state index in [0.717, 1.165) is 44.4 Å². The highest BCUT2D eigenvalue weighted by molar-refractivity contribution is 7.07. The number of nitrogens with zero attached hydrogens (tertiary/aromatic N) is 2. The largest absolute Gasteiger partial charge is 0.380 e. The van der Waals surface area contributed by atoms with Crippen LogP contribution in [0.3, 0.4) is 0 Å². The summed E-state index contributed by atoms with van der Waals surface area (Å²) in [5.41, 5.74) is 2.37. The lowest BCUT2D eigenvalue weighted by Crippen LogP contribution is -2.36. The molecule has 1 aliphatic heterocycles. The van der Waals surface area contributed by atoms with Crippen molar-refractivity contribution in [1.82, 2.24) is 4.98 Å². The normalized spacial score (nSPS) is 15.5. The van der Waals surface area contributed by atoms with Crippen LogP contribution < -0.4 is 10.2 Å². The fourth-order valence-corrected chi connectivity index (χ4v) is 2.74. The number of thiophene rings is 1. The van der Waals surface area contributed by atoms with E-state index in [4.69, 9.17) is 4.74 Å². The average Bonchev–Trinajstić information content (AvgIpc) is 3.00. The summed E-state index contributed by atoms with van der Waals surface area (Å²) in [4.78, 5) is 6.77. The fourth-order valence-electron chi connectivity index (χ4n) is 2.07. The van der Waals surface area contributed by atoms with Gasteiger partial charge < -0.3 is 15.0 Å². The maximum Gasteiger partial charge on any atom is 0.128 e. The number of nitrogens with one attached hydrogen (secondary N) is 1. The molecule has 1 N–H and O–H groups in total. The van der Waals surface area contributed by atoms with E-state index in [0.29, 0.717) is 0 Å². The van der Waals surface area contributed by atoms with Gasteiger partial charge in [-0.3, -0.25) is 0 Å². The Hall–Kier alpha value is -1.59. The van der Waals surface area contributed by atoms with Crippen molar-refractivity contribution < 1.29 is 4.74 Å². The second-order valence-electron chi connectivity index (χ2n) is 4.49. The van der Waals surface area contributed by atoms with Crippen LogP contribution in [0.4, 0.5) is 11.5 Å². The number of pyridine rings is 1. The number of anilines is 2. The van der Waals surface area contributed by atoms with Gasteiger partial charge in [-0.15, -0.1) is 0 Å². The molecule has 0 atom stereocenters. The van der Waals surface area contributed by atoms with E-state index < -0.39 is 0 Å². The van der Waals surface area contributed by atoms with E-state index in [-0.39, 0.29) is 0 Å². The third-order valence-corrected chi connectivity index (χ3v) is 3.89. The van der Waals surface area contributed by atoms with Gasteiger partial charge in [0.15, 0.2) is 0 Å².